The van der Waals surface area contributed by atoms with Gasteiger partial charge in [-0.1, -0.05) is 32.6 Å². The van der Waals surface area contributed by atoms with Gasteiger partial charge in [-0.3, -0.25) is 4.79 Å². The van der Waals surface area contributed by atoms with E-state index in [0.717, 1.165) is 85.4 Å². The fraction of sp³-hybridized carbons (Fsp3) is 0.562. The molecule has 2 atom stereocenters. The summed E-state index contributed by atoms with van der Waals surface area (Å²) in [5, 5.41) is 4.06. The summed E-state index contributed by atoms with van der Waals surface area (Å²) in [5.74, 6) is 2.56. The SMILES string of the molecule is CCN1CCN(C[C@@H]2C[C@H]2C(=O)Nc2ccc3c(-c4c(OC)cccc4OC)cn(COCC[Si](C)(C)C)c3n2)CC1. The third-order valence-electron chi connectivity index (χ3n) is 8.56. The molecule has 2 aromatic heterocycles. The number of carbonyl (C=O) groups excluding carboxylic acids is 1. The van der Waals surface area contributed by atoms with Crippen molar-refractivity contribution in [3.05, 3.63) is 36.5 Å². The second-order valence-electron chi connectivity index (χ2n) is 12.8. The highest BCUT2D eigenvalue weighted by atomic mass is 28.3. The van der Waals surface area contributed by atoms with Gasteiger partial charge in [-0.15, -0.1) is 0 Å². The number of amides is 1. The van der Waals surface area contributed by atoms with Crippen molar-refractivity contribution in [2.45, 2.75) is 45.8 Å². The van der Waals surface area contributed by atoms with Gasteiger partial charge in [0.25, 0.3) is 0 Å². The van der Waals surface area contributed by atoms with Crippen molar-refractivity contribution in [1.82, 2.24) is 19.4 Å². The monoisotopic (exact) mass is 593 g/mol. The molecule has 1 saturated heterocycles. The number of nitrogens with one attached hydrogen (secondary N) is 1. The Hall–Kier alpha value is -2.92. The summed E-state index contributed by atoms with van der Waals surface area (Å²) in [7, 11) is 2.12. The van der Waals surface area contributed by atoms with Crippen molar-refractivity contribution in [3.63, 3.8) is 0 Å². The lowest BCUT2D eigenvalue weighted by Gasteiger charge is -2.34. The zero-order valence-corrected chi connectivity index (χ0v) is 27.1. The molecule has 2 fully saturated rings. The lowest BCUT2D eigenvalue weighted by molar-refractivity contribution is -0.117. The van der Waals surface area contributed by atoms with Gasteiger partial charge in [0.1, 0.15) is 29.7 Å². The van der Waals surface area contributed by atoms with Crippen LogP contribution in [0.4, 0.5) is 5.82 Å². The number of hydrogen-bond donors (Lipinski definition) is 1. The first-order valence-electron chi connectivity index (χ1n) is 15.2. The Morgan fingerprint density at radius 1 is 1.02 bits per heavy atom. The molecular weight excluding hydrogens is 546 g/mol. The number of nitrogens with zero attached hydrogens (tertiary/aromatic N) is 4. The van der Waals surface area contributed by atoms with Crippen molar-refractivity contribution < 1.29 is 19.0 Å². The molecule has 3 heterocycles. The predicted octanol–water partition coefficient (Wildman–Crippen LogP) is 5.24. The predicted molar refractivity (Wildman–Crippen MR) is 171 cm³/mol. The van der Waals surface area contributed by atoms with Crippen molar-refractivity contribution in [2.24, 2.45) is 11.8 Å². The van der Waals surface area contributed by atoms with Gasteiger partial charge in [0, 0.05) is 70.5 Å². The van der Waals surface area contributed by atoms with Crippen molar-refractivity contribution in [3.8, 4) is 22.6 Å². The average molecular weight is 594 g/mol. The van der Waals surface area contributed by atoms with Crippen molar-refractivity contribution in [2.75, 3.05) is 65.4 Å². The van der Waals surface area contributed by atoms with Crippen LogP contribution in [0.2, 0.25) is 25.7 Å². The molecule has 1 amide bonds. The Bertz CT molecular complexity index is 1360. The minimum Gasteiger partial charge on any atom is -0.496 e. The number of piperazine rings is 1. The Morgan fingerprint density at radius 3 is 2.36 bits per heavy atom. The molecule has 1 N–H and O–H groups in total. The number of aromatic nitrogens is 2. The fourth-order valence-electron chi connectivity index (χ4n) is 5.80. The van der Waals surface area contributed by atoms with E-state index in [1.165, 1.54) is 0 Å². The molecule has 3 aromatic rings. The summed E-state index contributed by atoms with van der Waals surface area (Å²) in [4.78, 5) is 23.1. The minimum atomic E-state index is -1.21. The average Bonchev–Trinajstić information content (AvgIpc) is 3.67. The van der Waals surface area contributed by atoms with Gasteiger partial charge < -0.3 is 33.9 Å². The molecule has 9 nitrogen and oxygen atoms in total. The highest BCUT2D eigenvalue weighted by Gasteiger charge is 2.44. The van der Waals surface area contributed by atoms with Gasteiger partial charge >= 0.3 is 0 Å². The summed E-state index contributed by atoms with van der Waals surface area (Å²) in [6.45, 7) is 16.9. The van der Waals surface area contributed by atoms with Crippen LogP contribution in [0.3, 0.4) is 0 Å². The maximum Gasteiger partial charge on any atom is 0.228 e. The third kappa shape index (κ3) is 7.16. The largest absolute Gasteiger partial charge is 0.496 e. The third-order valence-corrected chi connectivity index (χ3v) is 10.3. The lowest BCUT2D eigenvalue weighted by atomic mass is 10.0. The van der Waals surface area contributed by atoms with Crippen molar-refractivity contribution in [1.29, 1.82) is 0 Å². The highest BCUT2D eigenvalue weighted by Crippen LogP contribution is 2.43. The second-order valence-corrected chi connectivity index (χ2v) is 18.4. The number of ether oxygens (including phenoxy) is 3. The normalized spacial score (nSPS) is 19.7. The summed E-state index contributed by atoms with van der Waals surface area (Å²) in [6.07, 6.45) is 2.99. The molecule has 2 aliphatic rings. The lowest BCUT2D eigenvalue weighted by Crippen LogP contribution is -2.46. The van der Waals surface area contributed by atoms with Gasteiger partial charge in [0.2, 0.25) is 5.91 Å². The fourth-order valence-corrected chi connectivity index (χ4v) is 6.56. The number of hydrogen-bond acceptors (Lipinski definition) is 7. The number of pyridine rings is 1. The Labute approximate surface area is 251 Å². The van der Waals surface area contributed by atoms with E-state index < -0.39 is 8.07 Å². The molecule has 0 unspecified atom stereocenters. The Morgan fingerprint density at radius 2 is 1.71 bits per heavy atom. The first-order chi connectivity index (χ1) is 20.2. The molecule has 0 radical (unpaired) electrons. The molecule has 5 rings (SSSR count). The molecule has 0 bridgehead atoms. The van der Waals surface area contributed by atoms with Gasteiger partial charge in [-0.25, -0.2) is 4.98 Å². The number of carbonyl (C=O) groups is 1. The van der Waals surface area contributed by atoms with Crippen LogP contribution < -0.4 is 14.8 Å². The quantitative estimate of drug-likeness (QED) is 0.214. The van der Waals surface area contributed by atoms with Crippen LogP contribution in [0.25, 0.3) is 22.2 Å². The smallest absolute Gasteiger partial charge is 0.228 e. The Kier molecular flexibility index (Phi) is 9.56. The first-order valence-corrected chi connectivity index (χ1v) is 19.0. The molecule has 0 spiro atoms. The Balaban J connectivity index is 1.34. The molecule has 1 saturated carbocycles. The van der Waals surface area contributed by atoms with E-state index in [0.29, 0.717) is 25.1 Å². The number of rotatable bonds is 13. The number of benzene rings is 1. The second kappa shape index (κ2) is 13.2. The van der Waals surface area contributed by atoms with Crippen LogP contribution in [0.1, 0.15) is 13.3 Å². The highest BCUT2D eigenvalue weighted by molar-refractivity contribution is 6.76. The van der Waals surface area contributed by atoms with Gasteiger partial charge in [-0.2, -0.15) is 0 Å². The molecule has 1 aromatic carbocycles. The summed E-state index contributed by atoms with van der Waals surface area (Å²) in [6, 6.07) is 10.8. The zero-order chi connectivity index (χ0) is 29.9. The van der Waals surface area contributed by atoms with E-state index >= 15 is 0 Å². The molecule has 42 heavy (non-hydrogen) atoms. The summed E-state index contributed by atoms with van der Waals surface area (Å²) < 4.78 is 19.6. The van der Waals surface area contributed by atoms with E-state index in [4.69, 9.17) is 19.2 Å². The van der Waals surface area contributed by atoms with Crippen LogP contribution in [0.15, 0.2) is 36.5 Å². The van der Waals surface area contributed by atoms with E-state index in [1.54, 1.807) is 14.2 Å². The topological polar surface area (TPSA) is 81.1 Å². The zero-order valence-electron chi connectivity index (χ0n) is 26.1. The van der Waals surface area contributed by atoms with Crippen LogP contribution in [0, 0.1) is 11.8 Å². The van der Waals surface area contributed by atoms with E-state index in [9.17, 15) is 4.79 Å². The van der Waals surface area contributed by atoms with Crippen LogP contribution >= 0.6 is 0 Å². The first kappa shape index (κ1) is 30.5. The molecule has 10 heteroatoms. The maximum atomic E-state index is 13.2. The van der Waals surface area contributed by atoms with E-state index in [1.807, 2.05) is 41.1 Å². The number of anilines is 1. The van der Waals surface area contributed by atoms with Gasteiger partial charge in [-0.05, 0) is 49.2 Å². The van der Waals surface area contributed by atoms with E-state index in [2.05, 4.69) is 41.7 Å². The van der Waals surface area contributed by atoms with Crippen molar-refractivity contribution >= 4 is 30.8 Å². The molecule has 228 valence electrons. The maximum absolute atomic E-state index is 13.2. The standard InChI is InChI=1S/C32H47N5O4Si/c1-7-35-13-15-36(16-14-35)20-23-19-25(23)32(38)34-29-12-11-24-26(30-27(39-2)9-8-10-28(30)40-3)21-37(31(24)33-29)22-41-17-18-42(4,5)6/h8-12,21,23,25H,7,13-20,22H2,1-6H3,(H,33,34,38)/t23-,25+/m0/s1. The molecular formula is C32H47N5O4Si. The van der Waals surface area contributed by atoms with Gasteiger partial charge in [0.15, 0.2) is 0 Å². The minimum absolute atomic E-state index is 0.0526. The van der Waals surface area contributed by atoms with Crippen LogP contribution in [-0.2, 0) is 16.3 Å². The molecule has 1 aliphatic heterocycles. The number of methoxy groups -OCH3 is 2. The van der Waals surface area contributed by atoms with Gasteiger partial charge in [0.05, 0.1) is 19.8 Å². The van der Waals surface area contributed by atoms with E-state index in [-0.39, 0.29) is 11.8 Å². The number of fused-ring (bicyclic) bond motifs is 1. The summed E-state index contributed by atoms with van der Waals surface area (Å²) in [5.41, 5.74) is 2.57. The summed E-state index contributed by atoms with van der Waals surface area (Å²) >= 11 is 0. The van der Waals surface area contributed by atoms with Crippen LogP contribution in [0.5, 0.6) is 11.5 Å². The number of likely N-dealkylation sites (N-methyl/N-ethyl adjacent to an activating group) is 1. The van der Waals surface area contributed by atoms with Crippen LogP contribution in [-0.4, -0.2) is 93.4 Å². The molecule has 1 aliphatic carbocycles.